The highest BCUT2D eigenvalue weighted by Crippen LogP contribution is 2.23. The third-order valence-electron chi connectivity index (χ3n) is 9.83. The Labute approximate surface area is 302 Å². The molecule has 2 aromatic rings. The van der Waals surface area contributed by atoms with E-state index in [2.05, 4.69) is 36.9 Å². The average molecular weight is 723 g/mol. The number of carbonyl (C=O) groups is 7. The molecule has 0 bridgehead atoms. The first-order valence-electron chi connectivity index (χ1n) is 18.1. The van der Waals surface area contributed by atoms with Crippen molar-refractivity contribution in [1.29, 1.82) is 0 Å². The van der Waals surface area contributed by atoms with Crippen molar-refractivity contribution in [3.63, 3.8) is 0 Å². The molecule has 7 atom stereocenters. The number of hydrogen-bond acceptors (Lipinski definition) is 8. The smallest absolute Gasteiger partial charge is 0.245 e. The Kier molecular flexibility index (Phi) is 12.5. The Morgan fingerprint density at radius 2 is 1.67 bits per heavy atom. The Morgan fingerprint density at radius 1 is 0.923 bits per heavy atom. The zero-order valence-electron chi connectivity index (χ0n) is 29.8. The molecular formula is C36H50N8O8. The van der Waals surface area contributed by atoms with Gasteiger partial charge in [-0.05, 0) is 56.6 Å². The van der Waals surface area contributed by atoms with Crippen molar-refractivity contribution in [1.82, 2.24) is 41.8 Å². The number of aliphatic hydroxyl groups excluding tert-OH is 1. The lowest BCUT2D eigenvalue weighted by Crippen LogP contribution is -2.59. The lowest BCUT2D eigenvalue weighted by atomic mass is 10.00. The van der Waals surface area contributed by atoms with Crippen LogP contribution in [0.3, 0.4) is 0 Å². The van der Waals surface area contributed by atoms with E-state index in [4.69, 9.17) is 0 Å². The Hall–Kier alpha value is -4.99. The van der Waals surface area contributed by atoms with Crippen LogP contribution in [-0.2, 0) is 40.0 Å². The maximum absolute atomic E-state index is 14.1. The number of amides is 7. The molecule has 7 amide bonds. The van der Waals surface area contributed by atoms with Crippen LogP contribution >= 0.6 is 0 Å². The first-order chi connectivity index (χ1) is 24.8. The van der Waals surface area contributed by atoms with Crippen LogP contribution < -0.4 is 31.9 Å². The number of para-hydroxylation sites is 1. The standard InChI is InChI=1S/C36H50N8O8/c1-19(2)14-28-36(52)44-18-22(45)16-29(44)35(51)37-13-7-6-10-25(41-33(49)26-11-12-30(46)40-26)32(48)39-20(3)31(47)42-27(34(50)43-28)15-21-17-38-24-9-5-4-8-23(21)24/h4-5,8-9,17,19-20,22,25-29,38,45H,6-7,10-16,18H2,1-3H3,(H,37,51)(H,39,48)(H,40,46)(H,41,49)(H,42,47)(H,43,50)/t20-,22-,25+,26-,27+,28-,29+/m1/s1. The summed E-state index contributed by atoms with van der Waals surface area (Å²) in [7, 11) is 0. The minimum Gasteiger partial charge on any atom is -0.391 e. The molecule has 3 aliphatic heterocycles. The first kappa shape index (κ1) is 38.2. The van der Waals surface area contributed by atoms with Crippen LogP contribution in [0.4, 0.5) is 0 Å². The summed E-state index contributed by atoms with van der Waals surface area (Å²) in [6.07, 6.45) is 2.59. The lowest BCUT2D eigenvalue weighted by Gasteiger charge is -2.30. The van der Waals surface area contributed by atoms with Crippen LogP contribution in [0, 0.1) is 5.92 Å². The van der Waals surface area contributed by atoms with Crippen molar-refractivity contribution in [2.75, 3.05) is 13.1 Å². The number of H-pyrrole nitrogens is 1. The predicted molar refractivity (Wildman–Crippen MR) is 189 cm³/mol. The van der Waals surface area contributed by atoms with Gasteiger partial charge in [-0.3, -0.25) is 33.6 Å². The second-order valence-electron chi connectivity index (χ2n) is 14.4. The number of benzene rings is 1. The molecule has 3 aliphatic rings. The van der Waals surface area contributed by atoms with Gasteiger partial charge in [0.2, 0.25) is 41.4 Å². The molecule has 5 rings (SSSR count). The van der Waals surface area contributed by atoms with E-state index in [-0.39, 0.29) is 63.4 Å². The van der Waals surface area contributed by atoms with Gasteiger partial charge < -0.3 is 46.9 Å². The second kappa shape index (κ2) is 17.0. The Balaban J connectivity index is 1.43. The third kappa shape index (κ3) is 9.46. The fourth-order valence-electron chi connectivity index (χ4n) is 7.03. The van der Waals surface area contributed by atoms with E-state index in [1.54, 1.807) is 6.20 Å². The van der Waals surface area contributed by atoms with E-state index in [0.29, 0.717) is 12.8 Å². The summed E-state index contributed by atoms with van der Waals surface area (Å²) in [5.74, 6) is -3.71. The molecule has 1 aromatic carbocycles. The van der Waals surface area contributed by atoms with Gasteiger partial charge >= 0.3 is 0 Å². The van der Waals surface area contributed by atoms with Gasteiger partial charge in [-0.1, -0.05) is 32.0 Å². The molecule has 0 aliphatic carbocycles. The SMILES string of the molecule is CC(C)C[C@H]1NC(=O)[C@H](Cc2c[nH]c3ccccc23)NC(=O)[C@@H](C)NC(=O)[C@@H](NC(=O)[C@H]2CCC(=O)N2)CCCCNC(=O)[C@@H]2C[C@@H](O)CN2C1=O. The summed E-state index contributed by atoms with van der Waals surface area (Å²) in [5, 5.41) is 27.8. The van der Waals surface area contributed by atoms with E-state index >= 15 is 0 Å². The fraction of sp³-hybridized carbons (Fsp3) is 0.583. The van der Waals surface area contributed by atoms with Crippen LogP contribution in [0.2, 0.25) is 0 Å². The summed E-state index contributed by atoms with van der Waals surface area (Å²) < 4.78 is 0. The number of hydrogen-bond donors (Lipinski definition) is 8. The maximum Gasteiger partial charge on any atom is 0.245 e. The van der Waals surface area contributed by atoms with Gasteiger partial charge in [0.05, 0.1) is 6.10 Å². The molecular weight excluding hydrogens is 672 g/mol. The molecule has 1 aromatic heterocycles. The molecule has 16 heteroatoms. The normalized spacial score (nSPS) is 28.6. The van der Waals surface area contributed by atoms with Gasteiger partial charge in [0.15, 0.2) is 0 Å². The average Bonchev–Trinajstić information content (AvgIpc) is 3.84. The number of aromatic amines is 1. The highest BCUT2D eigenvalue weighted by Gasteiger charge is 2.42. The number of aliphatic hydroxyl groups is 1. The summed E-state index contributed by atoms with van der Waals surface area (Å²) >= 11 is 0. The summed E-state index contributed by atoms with van der Waals surface area (Å²) in [5.41, 5.74) is 1.56. The fourth-order valence-corrected chi connectivity index (χ4v) is 7.03. The molecule has 4 heterocycles. The summed E-state index contributed by atoms with van der Waals surface area (Å²) in [6.45, 7) is 5.38. The summed E-state index contributed by atoms with van der Waals surface area (Å²) in [4.78, 5) is 97.9. The van der Waals surface area contributed by atoms with Crippen LogP contribution in [0.1, 0.15) is 71.3 Å². The molecule has 8 N–H and O–H groups in total. The number of rotatable bonds is 6. The van der Waals surface area contributed by atoms with Crippen LogP contribution in [0.15, 0.2) is 30.5 Å². The number of nitrogens with one attached hydrogen (secondary N) is 7. The maximum atomic E-state index is 14.1. The Bertz CT molecular complexity index is 1680. The van der Waals surface area contributed by atoms with Gasteiger partial charge in [0.1, 0.15) is 36.3 Å². The third-order valence-corrected chi connectivity index (χ3v) is 9.83. The first-order valence-corrected chi connectivity index (χ1v) is 18.1. The molecule has 16 nitrogen and oxygen atoms in total. The van der Waals surface area contributed by atoms with Crippen LogP contribution in [0.5, 0.6) is 0 Å². The van der Waals surface area contributed by atoms with Crippen LogP contribution in [0.25, 0.3) is 10.9 Å². The molecule has 0 saturated carbocycles. The lowest BCUT2D eigenvalue weighted by molar-refractivity contribution is -0.142. The number of nitrogens with zero attached hydrogens (tertiary/aromatic N) is 1. The van der Waals surface area contributed by atoms with Crippen molar-refractivity contribution >= 4 is 52.3 Å². The molecule has 0 spiro atoms. The van der Waals surface area contributed by atoms with E-state index in [1.807, 2.05) is 38.1 Å². The van der Waals surface area contributed by atoms with Gasteiger partial charge in [0.25, 0.3) is 0 Å². The molecule has 0 radical (unpaired) electrons. The van der Waals surface area contributed by atoms with Gasteiger partial charge in [-0.2, -0.15) is 0 Å². The molecule has 282 valence electrons. The zero-order chi connectivity index (χ0) is 37.5. The van der Waals surface area contributed by atoms with E-state index < -0.39 is 77.8 Å². The van der Waals surface area contributed by atoms with Gasteiger partial charge in [0, 0.05) is 49.5 Å². The van der Waals surface area contributed by atoms with E-state index in [9.17, 15) is 38.7 Å². The van der Waals surface area contributed by atoms with Crippen molar-refractivity contribution in [2.24, 2.45) is 5.92 Å². The van der Waals surface area contributed by atoms with Crippen molar-refractivity contribution < 1.29 is 38.7 Å². The number of aromatic nitrogens is 1. The van der Waals surface area contributed by atoms with Gasteiger partial charge in [-0.15, -0.1) is 0 Å². The molecule has 3 saturated heterocycles. The largest absolute Gasteiger partial charge is 0.391 e. The van der Waals surface area contributed by atoms with Gasteiger partial charge in [-0.25, -0.2) is 0 Å². The van der Waals surface area contributed by atoms with Crippen molar-refractivity contribution in [3.05, 3.63) is 36.0 Å². The highest BCUT2D eigenvalue weighted by molar-refractivity contribution is 5.98. The minimum atomic E-state index is -1.18. The quantitative estimate of drug-likeness (QED) is 0.189. The summed E-state index contributed by atoms with van der Waals surface area (Å²) in [6, 6.07) is 1.32. The van der Waals surface area contributed by atoms with E-state index in [0.717, 1.165) is 16.5 Å². The van der Waals surface area contributed by atoms with Crippen molar-refractivity contribution in [3.8, 4) is 0 Å². The monoisotopic (exact) mass is 722 g/mol. The van der Waals surface area contributed by atoms with E-state index in [1.165, 1.54) is 11.8 Å². The minimum absolute atomic E-state index is 0.0308. The van der Waals surface area contributed by atoms with Crippen LogP contribution in [-0.4, -0.2) is 112 Å². The second-order valence-corrected chi connectivity index (χ2v) is 14.4. The molecule has 52 heavy (non-hydrogen) atoms. The van der Waals surface area contributed by atoms with Crippen molar-refractivity contribution in [2.45, 2.75) is 114 Å². The predicted octanol–water partition coefficient (Wildman–Crippen LogP) is -0.744. The topological polar surface area (TPSA) is 231 Å². The Morgan fingerprint density at radius 3 is 2.40 bits per heavy atom. The number of fused-ring (bicyclic) bond motifs is 2. The molecule has 3 fully saturated rings. The number of carbonyl (C=O) groups excluding carboxylic acids is 7. The molecule has 0 unspecified atom stereocenters. The zero-order valence-corrected chi connectivity index (χ0v) is 29.8. The highest BCUT2D eigenvalue weighted by atomic mass is 16.3.